The summed E-state index contributed by atoms with van der Waals surface area (Å²) in [6.07, 6.45) is -1.28. The van der Waals surface area contributed by atoms with Crippen LogP contribution in [0.3, 0.4) is 0 Å². The van der Waals surface area contributed by atoms with Gasteiger partial charge in [-0.05, 0) is 23.8 Å². The van der Waals surface area contributed by atoms with Gasteiger partial charge in [0.05, 0.1) is 0 Å². The Labute approximate surface area is 113 Å². The van der Waals surface area contributed by atoms with E-state index in [1.807, 2.05) is 0 Å². The molecule has 0 amide bonds. The van der Waals surface area contributed by atoms with Crippen molar-refractivity contribution < 1.29 is 19.7 Å². The number of nitrogen functional groups attached to an aromatic ring is 1. The summed E-state index contributed by atoms with van der Waals surface area (Å²) in [5, 5.41) is 29.6. The Bertz CT molecular complexity index is 616. The molecule has 4 nitrogen and oxygen atoms in total. The van der Waals surface area contributed by atoms with Gasteiger partial charge in [-0.2, -0.15) is 0 Å². The van der Waals surface area contributed by atoms with Crippen molar-refractivity contribution in [3.05, 3.63) is 52.3 Å². The van der Waals surface area contributed by atoms with Crippen LogP contribution in [0.1, 0.15) is 17.2 Å². The number of benzene rings is 2. The Morgan fingerprint density at radius 1 is 1.11 bits per heavy atom. The second kappa shape index (κ2) is 4.95. The molecule has 0 aliphatic carbocycles. The third-order valence-corrected chi connectivity index (χ3v) is 3.02. The third kappa shape index (κ3) is 2.43. The maximum atomic E-state index is 13.4. The highest BCUT2D eigenvalue weighted by atomic mass is 35.5. The monoisotopic (exact) mass is 283 g/mol. The molecule has 0 heterocycles. The number of hydrogen-bond donors (Lipinski definition) is 4. The predicted molar refractivity (Wildman–Crippen MR) is 69.7 cm³/mol. The summed E-state index contributed by atoms with van der Waals surface area (Å²) in [5.74, 6) is -2.41. The van der Waals surface area contributed by atoms with Gasteiger partial charge in [-0.1, -0.05) is 23.7 Å². The Balaban J connectivity index is 2.50. The van der Waals surface area contributed by atoms with Gasteiger partial charge in [-0.3, -0.25) is 0 Å². The second-order valence-corrected chi connectivity index (χ2v) is 4.45. The van der Waals surface area contributed by atoms with E-state index in [2.05, 4.69) is 0 Å². The summed E-state index contributed by atoms with van der Waals surface area (Å²) in [7, 11) is 0. The van der Waals surface area contributed by atoms with Gasteiger partial charge in [0.25, 0.3) is 0 Å². The van der Waals surface area contributed by atoms with E-state index in [1.54, 1.807) is 12.1 Å². The van der Waals surface area contributed by atoms with Crippen molar-refractivity contribution in [3.8, 4) is 11.5 Å². The number of halogens is 2. The molecule has 0 aliphatic heterocycles. The average molecular weight is 284 g/mol. The molecule has 2 aromatic carbocycles. The molecule has 0 aliphatic rings. The fraction of sp³-hybridized carbons (Fsp3) is 0.0769. The molecule has 0 saturated carbocycles. The molecule has 1 unspecified atom stereocenters. The van der Waals surface area contributed by atoms with Crippen molar-refractivity contribution in [2.75, 3.05) is 5.73 Å². The molecular formula is C13H11ClFNO3. The van der Waals surface area contributed by atoms with Gasteiger partial charge in [0.2, 0.25) is 0 Å². The highest BCUT2D eigenvalue weighted by Crippen LogP contribution is 2.40. The van der Waals surface area contributed by atoms with Crippen LogP contribution in [-0.2, 0) is 0 Å². The number of nitrogens with two attached hydrogens (primary N) is 1. The van der Waals surface area contributed by atoms with E-state index in [1.165, 1.54) is 12.1 Å². The Hall–Kier alpha value is -1.98. The summed E-state index contributed by atoms with van der Waals surface area (Å²) >= 11 is 5.72. The standard InChI is InChI=1S/C13H11ClFNO3/c14-7-3-1-6(2-4-7)11(17)8-5-9(15)13(19)10(16)12(8)18/h1-5,11,17-19H,16H2. The van der Waals surface area contributed by atoms with Crippen LogP contribution >= 0.6 is 11.6 Å². The molecule has 0 bridgehead atoms. The first kappa shape index (κ1) is 13.5. The van der Waals surface area contributed by atoms with Crippen molar-refractivity contribution in [1.29, 1.82) is 0 Å². The lowest BCUT2D eigenvalue weighted by Gasteiger charge is -2.15. The topological polar surface area (TPSA) is 86.7 Å². The second-order valence-electron chi connectivity index (χ2n) is 4.01. The smallest absolute Gasteiger partial charge is 0.178 e. The number of anilines is 1. The zero-order chi connectivity index (χ0) is 14.2. The van der Waals surface area contributed by atoms with Crippen molar-refractivity contribution in [2.45, 2.75) is 6.10 Å². The molecule has 1 atom stereocenters. The van der Waals surface area contributed by atoms with Crippen molar-refractivity contribution in [2.24, 2.45) is 0 Å². The van der Waals surface area contributed by atoms with Gasteiger partial charge >= 0.3 is 0 Å². The molecule has 100 valence electrons. The molecular weight excluding hydrogens is 273 g/mol. The molecule has 2 aromatic rings. The van der Waals surface area contributed by atoms with E-state index in [0.717, 1.165) is 6.07 Å². The maximum Gasteiger partial charge on any atom is 0.178 e. The van der Waals surface area contributed by atoms with Crippen LogP contribution in [-0.4, -0.2) is 15.3 Å². The van der Waals surface area contributed by atoms with Crippen LogP contribution in [0.2, 0.25) is 5.02 Å². The SMILES string of the molecule is Nc1c(O)c(F)cc(C(O)c2ccc(Cl)cc2)c1O. The predicted octanol–water partition coefficient (Wildman–Crippen LogP) is 2.55. The van der Waals surface area contributed by atoms with Gasteiger partial charge < -0.3 is 21.1 Å². The van der Waals surface area contributed by atoms with E-state index in [4.69, 9.17) is 17.3 Å². The lowest BCUT2D eigenvalue weighted by Crippen LogP contribution is -2.03. The van der Waals surface area contributed by atoms with E-state index >= 15 is 0 Å². The quantitative estimate of drug-likeness (QED) is 0.504. The molecule has 5 N–H and O–H groups in total. The van der Waals surface area contributed by atoms with E-state index in [9.17, 15) is 19.7 Å². The third-order valence-electron chi connectivity index (χ3n) is 2.77. The van der Waals surface area contributed by atoms with Crippen LogP contribution in [0.25, 0.3) is 0 Å². The molecule has 2 rings (SSSR count). The molecule has 6 heteroatoms. The molecule has 0 fully saturated rings. The van der Waals surface area contributed by atoms with E-state index in [0.29, 0.717) is 10.6 Å². The first-order valence-corrected chi connectivity index (χ1v) is 5.73. The maximum absolute atomic E-state index is 13.4. The summed E-state index contributed by atoms with van der Waals surface area (Å²) in [6, 6.07) is 7.01. The van der Waals surface area contributed by atoms with Crippen LogP contribution in [0.4, 0.5) is 10.1 Å². The number of aliphatic hydroxyl groups excluding tert-OH is 1. The van der Waals surface area contributed by atoms with Crippen molar-refractivity contribution >= 4 is 17.3 Å². The van der Waals surface area contributed by atoms with Crippen molar-refractivity contribution in [3.63, 3.8) is 0 Å². The van der Waals surface area contributed by atoms with Crippen LogP contribution in [0.15, 0.2) is 30.3 Å². The number of aliphatic hydroxyl groups is 1. The lowest BCUT2D eigenvalue weighted by atomic mass is 9.99. The van der Waals surface area contributed by atoms with Gasteiger partial charge in [0.15, 0.2) is 11.6 Å². The zero-order valence-electron chi connectivity index (χ0n) is 9.64. The Morgan fingerprint density at radius 3 is 2.26 bits per heavy atom. The van der Waals surface area contributed by atoms with Crippen molar-refractivity contribution in [1.82, 2.24) is 0 Å². The minimum atomic E-state index is -1.28. The lowest BCUT2D eigenvalue weighted by molar-refractivity contribution is 0.215. The first-order chi connectivity index (χ1) is 8.91. The zero-order valence-corrected chi connectivity index (χ0v) is 10.4. The summed E-state index contributed by atoms with van der Waals surface area (Å²) in [6.45, 7) is 0. The number of phenols is 2. The number of hydrogen-bond acceptors (Lipinski definition) is 4. The fourth-order valence-electron chi connectivity index (χ4n) is 1.70. The molecule has 19 heavy (non-hydrogen) atoms. The normalized spacial score (nSPS) is 12.4. The number of phenolic OH excluding ortho intramolecular Hbond substituents is 2. The summed E-state index contributed by atoms with van der Waals surface area (Å²) in [5.41, 5.74) is 5.12. The average Bonchev–Trinajstić information content (AvgIpc) is 2.40. The van der Waals surface area contributed by atoms with Crippen LogP contribution in [0.5, 0.6) is 11.5 Å². The summed E-state index contributed by atoms with van der Waals surface area (Å²) < 4.78 is 13.4. The van der Waals surface area contributed by atoms with Gasteiger partial charge in [-0.25, -0.2) is 4.39 Å². The summed E-state index contributed by atoms with van der Waals surface area (Å²) in [4.78, 5) is 0. The number of aromatic hydroxyl groups is 2. The molecule has 0 spiro atoms. The minimum Gasteiger partial charge on any atom is -0.505 e. The molecule has 0 saturated heterocycles. The van der Waals surface area contributed by atoms with E-state index in [-0.39, 0.29) is 5.56 Å². The highest BCUT2D eigenvalue weighted by Gasteiger charge is 2.21. The van der Waals surface area contributed by atoms with Crippen LogP contribution in [0, 0.1) is 5.82 Å². The Morgan fingerprint density at radius 2 is 1.68 bits per heavy atom. The Kier molecular flexibility index (Phi) is 3.50. The first-order valence-electron chi connectivity index (χ1n) is 5.35. The highest BCUT2D eigenvalue weighted by molar-refractivity contribution is 6.30. The molecule has 0 radical (unpaired) electrons. The number of rotatable bonds is 2. The van der Waals surface area contributed by atoms with Gasteiger partial charge in [0.1, 0.15) is 17.5 Å². The van der Waals surface area contributed by atoms with E-state index < -0.39 is 29.1 Å². The molecule has 0 aromatic heterocycles. The van der Waals surface area contributed by atoms with Crippen LogP contribution < -0.4 is 5.73 Å². The van der Waals surface area contributed by atoms with Gasteiger partial charge in [-0.15, -0.1) is 0 Å². The fourth-order valence-corrected chi connectivity index (χ4v) is 1.83. The largest absolute Gasteiger partial charge is 0.505 e. The van der Waals surface area contributed by atoms with Gasteiger partial charge in [0, 0.05) is 10.6 Å². The minimum absolute atomic E-state index is 0.130.